The first-order chi connectivity index (χ1) is 6.18. The Kier molecular flexibility index (Phi) is 2.06. The van der Waals surface area contributed by atoms with E-state index in [0.717, 1.165) is 13.0 Å². The Morgan fingerprint density at radius 2 is 2.15 bits per heavy atom. The molecule has 1 aliphatic carbocycles. The van der Waals surface area contributed by atoms with Gasteiger partial charge in [0.2, 0.25) is 0 Å². The molecular weight excluding hydrogens is 166 g/mol. The molecule has 2 unspecified atom stereocenters. The number of ether oxygens (including phenoxy) is 1. The number of hydrogen-bond donors (Lipinski definition) is 1. The molecule has 2 rings (SSSR count). The summed E-state index contributed by atoms with van der Waals surface area (Å²) in [4.78, 5) is 11.5. The number of esters is 1. The summed E-state index contributed by atoms with van der Waals surface area (Å²) in [6, 6.07) is 0. The number of carbonyl (C=O) groups is 1. The van der Waals surface area contributed by atoms with Crippen LogP contribution >= 0.6 is 0 Å². The van der Waals surface area contributed by atoms with Gasteiger partial charge in [0.15, 0.2) is 0 Å². The Hall–Kier alpha value is -0.570. The van der Waals surface area contributed by atoms with Gasteiger partial charge in [-0.1, -0.05) is 0 Å². The van der Waals surface area contributed by atoms with E-state index in [-0.39, 0.29) is 17.4 Å². The summed E-state index contributed by atoms with van der Waals surface area (Å²) in [5.74, 6) is 0.725. The van der Waals surface area contributed by atoms with Gasteiger partial charge in [-0.05, 0) is 38.6 Å². The SMILES string of the molecule is COC(=O)C1CCNC1(C)C1CC1. The van der Waals surface area contributed by atoms with Crippen LogP contribution in [0.3, 0.4) is 0 Å². The van der Waals surface area contributed by atoms with E-state index in [1.165, 1.54) is 20.0 Å². The third-order valence-corrected chi connectivity index (χ3v) is 3.57. The summed E-state index contributed by atoms with van der Waals surface area (Å²) in [6.45, 7) is 3.12. The van der Waals surface area contributed by atoms with Crippen molar-refractivity contribution in [1.82, 2.24) is 5.32 Å². The summed E-state index contributed by atoms with van der Waals surface area (Å²) in [5.41, 5.74) is 0.0209. The number of carbonyl (C=O) groups excluding carboxylic acids is 1. The van der Waals surface area contributed by atoms with Gasteiger partial charge in [0.25, 0.3) is 0 Å². The monoisotopic (exact) mass is 183 g/mol. The Labute approximate surface area is 78.8 Å². The molecule has 3 nitrogen and oxygen atoms in total. The molecule has 1 heterocycles. The summed E-state index contributed by atoms with van der Waals surface area (Å²) in [5, 5.41) is 3.46. The highest BCUT2D eigenvalue weighted by atomic mass is 16.5. The lowest BCUT2D eigenvalue weighted by molar-refractivity contribution is -0.147. The van der Waals surface area contributed by atoms with Crippen molar-refractivity contribution in [3.8, 4) is 0 Å². The highest BCUT2D eigenvalue weighted by molar-refractivity contribution is 5.74. The lowest BCUT2D eigenvalue weighted by atomic mass is 9.83. The molecule has 3 heteroatoms. The molecule has 0 aromatic carbocycles. The predicted octanol–water partition coefficient (Wildman–Crippen LogP) is 0.938. The third kappa shape index (κ3) is 1.35. The van der Waals surface area contributed by atoms with Crippen molar-refractivity contribution in [2.75, 3.05) is 13.7 Å². The largest absolute Gasteiger partial charge is 0.469 e. The van der Waals surface area contributed by atoms with Gasteiger partial charge < -0.3 is 10.1 Å². The van der Waals surface area contributed by atoms with Crippen molar-refractivity contribution in [3.05, 3.63) is 0 Å². The maximum atomic E-state index is 11.5. The average molecular weight is 183 g/mol. The van der Waals surface area contributed by atoms with Gasteiger partial charge in [0.1, 0.15) is 0 Å². The number of hydrogen-bond acceptors (Lipinski definition) is 3. The predicted molar refractivity (Wildman–Crippen MR) is 49.3 cm³/mol. The van der Waals surface area contributed by atoms with Crippen LogP contribution in [-0.2, 0) is 9.53 Å². The summed E-state index contributed by atoms with van der Waals surface area (Å²) >= 11 is 0. The van der Waals surface area contributed by atoms with Gasteiger partial charge in [0.05, 0.1) is 13.0 Å². The van der Waals surface area contributed by atoms with E-state index >= 15 is 0 Å². The highest BCUT2D eigenvalue weighted by Crippen LogP contribution is 2.46. The molecule has 13 heavy (non-hydrogen) atoms. The molecular formula is C10H17NO2. The Morgan fingerprint density at radius 1 is 1.46 bits per heavy atom. The number of methoxy groups -OCH3 is 1. The standard InChI is InChI=1S/C10H17NO2/c1-10(7-3-4-7)8(5-6-11-10)9(12)13-2/h7-8,11H,3-6H2,1-2H3. The van der Waals surface area contributed by atoms with Gasteiger partial charge in [-0.15, -0.1) is 0 Å². The van der Waals surface area contributed by atoms with Crippen LogP contribution in [0.5, 0.6) is 0 Å². The smallest absolute Gasteiger partial charge is 0.310 e. The molecule has 0 radical (unpaired) electrons. The van der Waals surface area contributed by atoms with Crippen LogP contribution in [0.1, 0.15) is 26.2 Å². The summed E-state index contributed by atoms with van der Waals surface area (Å²) < 4.78 is 4.83. The molecule has 0 aromatic rings. The zero-order valence-corrected chi connectivity index (χ0v) is 8.30. The maximum absolute atomic E-state index is 11.5. The van der Waals surface area contributed by atoms with Crippen LogP contribution in [-0.4, -0.2) is 25.2 Å². The molecule has 0 bridgehead atoms. The molecule has 74 valence electrons. The summed E-state index contributed by atoms with van der Waals surface area (Å²) in [7, 11) is 1.48. The summed E-state index contributed by atoms with van der Waals surface area (Å²) in [6.07, 6.45) is 3.45. The van der Waals surface area contributed by atoms with E-state index in [1.54, 1.807) is 0 Å². The Balaban J connectivity index is 2.12. The van der Waals surface area contributed by atoms with E-state index in [1.807, 2.05) is 0 Å². The fourth-order valence-electron chi connectivity index (χ4n) is 2.53. The normalized spacial score (nSPS) is 39.1. The lowest BCUT2D eigenvalue weighted by Crippen LogP contribution is -2.47. The van der Waals surface area contributed by atoms with Crippen LogP contribution in [0.15, 0.2) is 0 Å². The van der Waals surface area contributed by atoms with Gasteiger partial charge in [0, 0.05) is 5.54 Å². The highest BCUT2D eigenvalue weighted by Gasteiger charge is 2.52. The van der Waals surface area contributed by atoms with Gasteiger partial charge in [-0.2, -0.15) is 0 Å². The molecule has 1 saturated carbocycles. The molecule has 1 N–H and O–H groups in total. The van der Waals surface area contributed by atoms with E-state index < -0.39 is 0 Å². The first-order valence-electron chi connectivity index (χ1n) is 5.01. The van der Waals surface area contributed by atoms with Gasteiger partial charge >= 0.3 is 5.97 Å². The van der Waals surface area contributed by atoms with Gasteiger partial charge in [-0.3, -0.25) is 4.79 Å². The second-order valence-corrected chi connectivity index (χ2v) is 4.35. The topological polar surface area (TPSA) is 38.3 Å². The van der Waals surface area contributed by atoms with Crippen molar-refractivity contribution in [2.45, 2.75) is 31.7 Å². The van der Waals surface area contributed by atoms with Crippen molar-refractivity contribution in [2.24, 2.45) is 11.8 Å². The van der Waals surface area contributed by atoms with Gasteiger partial charge in [-0.25, -0.2) is 0 Å². The van der Waals surface area contributed by atoms with E-state index in [9.17, 15) is 4.79 Å². The minimum atomic E-state index is -0.0422. The van der Waals surface area contributed by atoms with Crippen LogP contribution in [0.25, 0.3) is 0 Å². The third-order valence-electron chi connectivity index (χ3n) is 3.57. The number of rotatable bonds is 2. The Morgan fingerprint density at radius 3 is 2.69 bits per heavy atom. The van der Waals surface area contributed by atoms with E-state index in [2.05, 4.69) is 12.2 Å². The molecule has 0 amide bonds. The molecule has 1 saturated heterocycles. The molecule has 1 aliphatic heterocycles. The molecule has 0 spiro atoms. The van der Waals surface area contributed by atoms with Crippen LogP contribution < -0.4 is 5.32 Å². The second-order valence-electron chi connectivity index (χ2n) is 4.35. The molecule has 2 aliphatic rings. The lowest BCUT2D eigenvalue weighted by Gasteiger charge is -2.30. The van der Waals surface area contributed by atoms with Crippen molar-refractivity contribution in [1.29, 1.82) is 0 Å². The van der Waals surface area contributed by atoms with E-state index in [0.29, 0.717) is 5.92 Å². The Bertz CT molecular complexity index is 225. The van der Waals surface area contributed by atoms with Crippen molar-refractivity contribution in [3.63, 3.8) is 0 Å². The van der Waals surface area contributed by atoms with Crippen LogP contribution in [0.4, 0.5) is 0 Å². The van der Waals surface area contributed by atoms with Crippen molar-refractivity contribution >= 4 is 5.97 Å². The second kappa shape index (κ2) is 2.98. The van der Waals surface area contributed by atoms with E-state index in [4.69, 9.17) is 4.74 Å². The van der Waals surface area contributed by atoms with Crippen LogP contribution in [0.2, 0.25) is 0 Å². The quantitative estimate of drug-likeness (QED) is 0.647. The minimum Gasteiger partial charge on any atom is -0.469 e. The van der Waals surface area contributed by atoms with Crippen molar-refractivity contribution < 1.29 is 9.53 Å². The maximum Gasteiger partial charge on any atom is 0.310 e. The molecule has 2 atom stereocenters. The number of nitrogens with one attached hydrogen (secondary N) is 1. The fourth-order valence-corrected chi connectivity index (χ4v) is 2.53. The first kappa shape index (κ1) is 9.00. The molecule has 2 fully saturated rings. The fraction of sp³-hybridized carbons (Fsp3) is 0.900. The van der Waals surface area contributed by atoms with Crippen LogP contribution in [0, 0.1) is 11.8 Å². The molecule has 0 aromatic heterocycles. The average Bonchev–Trinajstić information content (AvgIpc) is 2.90. The zero-order chi connectivity index (χ0) is 9.47. The minimum absolute atomic E-state index is 0.0209. The first-order valence-corrected chi connectivity index (χ1v) is 5.01. The zero-order valence-electron chi connectivity index (χ0n) is 8.30.